The van der Waals surface area contributed by atoms with Crippen molar-refractivity contribution in [2.24, 2.45) is 4.99 Å². The van der Waals surface area contributed by atoms with Gasteiger partial charge in [-0.05, 0) is 25.3 Å². The van der Waals surface area contributed by atoms with Gasteiger partial charge in [0.25, 0.3) is 0 Å². The Balaban J connectivity index is 3.22. The molecule has 0 fully saturated rings. The van der Waals surface area contributed by atoms with Gasteiger partial charge in [-0.3, -0.25) is 5.32 Å². The van der Waals surface area contributed by atoms with E-state index in [2.05, 4.69) is 10.3 Å². The first kappa shape index (κ1) is 14.3. The molecular weight excluding hydrogens is 260 g/mol. The normalized spacial score (nSPS) is 10.9. The maximum absolute atomic E-state index is 13.9. The third-order valence-corrected chi connectivity index (χ3v) is 2.48. The van der Waals surface area contributed by atoms with Crippen LogP contribution in [-0.4, -0.2) is 18.0 Å². The maximum Gasteiger partial charge on any atom is 0.193 e. The Bertz CT molecular complexity index is 500. The molecule has 1 aromatic rings. The zero-order valence-corrected chi connectivity index (χ0v) is 10.6. The molecule has 96 valence electrons. The lowest BCUT2D eigenvalue weighted by molar-refractivity contribution is 0.321. The van der Waals surface area contributed by atoms with Gasteiger partial charge in [0, 0.05) is 0 Å². The molecule has 7 heteroatoms. The Labute approximate surface area is 108 Å². The summed E-state index contributed by atoms with van der Waals surface area (Å²) >= 11 is 1.07. The molecule has 0 aliphatic rings. The Morgan fingerprint density at radius 1 is 1.56 bits per heavy atom. The third kappa shape index (κ3) is 3.34. The van der Waals surface area contributed by atoms with E-state index in [0.717, 1.165) is 17.8 Å². The first-order valence-corrected chi connectivity index (χ1v) is 6.25. The van der Waals surface area contributed by atoms with Crippen molar-refractivity contribution in [1.29, 1.82) is 5.26 Å². The van der Waals surface area contributed by atoms with E-state index in [1.165, 1.54) is 6.07 Å². The molecule has 0 saturated carbocycles. The highest BCUT2D eigenvalue weighted by molar-refractivity contribution is 8.13. The van der Waals surface area contributed by atoms with Gasteiger partial charge in [0.05, 0.1) is 6.61 Å². The predicted octanol–water partition coefficient (Wildman–Crippen LogP) is 2.78. The van der Waals surface area contributed by atoms with E-state index in [0.29, 0.717) is 0 Å². The van der Waals surface area contributed by atoms with Crippen LogP contribution in [0.4, 0.5) is 14.5 Å². The number of aliphatic imine (C=N–C) groups is 1. The lowest BCUT2D eigenvalue weighted by Crippen LogP contribution is -2.12. The van der Waals surface area contributed by atoms with Crippen molar-refractivity contribution < 1.29 is 13.5 Å². The number of hydrogen-bond donors (Lipinski definition) is 1. The number of amidine groups is 1. The number of benzene rings is 1. The second-order valence-corrected chi connectivity index (χ2v) is 3.79. The molecule has 1 rings (SSSR count). The van der Waals surface area contributed by atoms with Crippen molar-refractivity contribution >= 4 is 22.6 Å². The largest absolute Gasteiger partial charge is 0.491 e. The number of ether oxygens (including phenoxy) is 1. The fourth-order valence-electron chi connectivity index (χ4n) is 1.17. The predicted molar refractivity (Wildman–Crippen MR) is 66.9 cm³/mol. The third-order valence-electron chi connectivity index (χ3n) is 1.90. The zero-order chi connectivity index (χ0) is 13.5. The summed E-state index contributed by atoms with van der Waals surface area (Å²) < 4.78 is 32.4. The summed E-state index contributed by atoms with van der Waals surface area (Å²) in [7, 11) is 0. The van der Waals surface area contributed by atoms with E-state index >= 15 is 0 Å². The van der Waals surface area contributed by atoms with Gasteiger partial charge in [0.1, 0.15) is 5.69 Å². The van der Waals surface area contributed by atoms with Crippen molar-refractivity contribution in [3.8, 4) is 11.9 Å². The zero-order valence-electron chi connectivity index (χ0n) is 9.83. The maximum atomic E-state index is 13.9. The first-order valence-electron chi connectivity index (χ1n) is 5.02. The second kappa shape index (κ2) is 6.81. The Hall–Kier alpha value is -1.81. The summed E-state index contributed by atoms with van der Waals surface area (Å²) in [6.45, 7) is 1.95. The van der Waals surface area contributed by atoms with Crippen molar-refractivity contribution in [3.05, 3.63) is 23.8 Å². The van der Waals surface area contributed by atoms with Gasteiger partial charge in [-0.15, -0.1) is 0 Å². The lowest BCUT2D eigenvalue weighted by atomic mass is 10.2. The summed E-state index contributed by atoms with van der Waals surface area (Å²) in [5.74, 6) is -1.78. The number of halogens is 2. The van der Waals surface area contributed by atoms with Crippen LogP contribution in [0.3, 0.4) is 0 Å². The molecule has 0 atom stereocenters. The van der Waals surface area contributed by atoms with Crippen molar-refractivity contribution in [1.82, 2.24) is 5.32 Å². The molecule has 0 radical (unpaired) electrons. The van der Waals surface area contributed by atoms with Gasteiger partial charge in [-0.25, -0.2) is 13.8 Å². The fraction of sp³-hybridized carbons (Fsp3) is 0.273. The minimum Gasteiger partial charge on any atom is -0.491 e. The van der Waals surface area contributed by atoms with Gasteiger partial charge < -0.3 is 4.74 Å². The van der Waals surface area contributed by atoms with Crippen LogP contribution in [0.15, 0.2) is 17.1 Å². The van der Waals surface area contributed by atoms with Crippen LogP contribution < -0.4 is 10.1 Å². The highest BCUT2D eigenvalue weighted by Gasteiger charge is 2.15. The molecule has 0 saturated heterocycles. The van der Waals surface area contributed by atoms with Crippen LogP contribution in [0.5, 0.6) is 5.75 Å². The van der Waals surface area contributed by atoms with E-state index in [1.807, 2.05) is 0 Å². The van der Waals surface area contributed by atoms with Gasteiger partial charge in [-0.1, -0.05) is 11.8 Å². The summed E-state index contributed by atoms with van der Waals surface area (Å²) in [5, 5.41) is 10.8. The number of nitrogens with zero attached hydrogens (tertiary/aromatic N) is 2. The van der Waals surface area contributed by atoms with Crippen molar-refractivity contribution in [2.75, 3.05) is 12.9 Å². The van der Waals surface area contributed by atoms with Crippen molar-refractivity contribution in [3.63, 3.8) is 0 Å². The molecular formula is C11H11F2N3OS. The molecule has 0 amide bonds. The molecule has 0 aromatic heterocycles. The molecule has 0 aliphatic carbocycles. The highest BCUT2D eigenvalue weighted by Crippen LogP contribution is 2.30. The molecule has 1 N–H and O–H groups in total. The molecule has 0 heterocycles. The van der Waals surface area contributed by atoms with Crippen LogP contribution in [0, 0.1) is 23.1 Å². The van der Waals surface area contributed by atoms with Gasteiger partial charge in [-0.2, -0.15) is 5.26 Å². The number of nitrogens with one attached hydrogen (secondary N) is 1. The van der Waals surface area contributed by atoms with E-state index < -0.39 is 17.3 Å². The van der Waals surface area contributed by atoms with Gasteiger partial charge >= 0.3 is 0 Å². The molecule has 0 bridgehead atoms. The molecule has 1 aromatic carbocycles. The smallest absolute Gasteiger partial charge is 0.193 e. The lowest BCUT2D eigenvalue weighted by Gasteiger charge is -2.07. The average Bonchev–Trinajstić information content (AvgIpc) is 2.36. The first-order chi connectivity index (χ1) is 8.63. The van der Waals surface area contributed by atoms with Gasteiger partial charge in [0.15, 0.2) is 28.7 Å². The topological polar surface area (TPSA) is 57.4 Å². The summed E-state index contributed by atoms with van der Waals surface area (Å²) in [5.41, 5.74) is -0.479. The Morgan fingerprint density at radius 3 is 2.83 bits per heavy atom. The van der Waals surface area contributed by atoms with E-state index in [1.54, 1.807) is 19.4 Å². The quantitative estimate of drug-likeness (QED) is 0.397. The summed E-state index contributed by atoms with van der Waals surface area (Å²) in [6, 6.07) is 2.26. The molecule has 18 heavy (non-hydrogen) atoms. The number of rotatable bonds is 3. The van der Waals surface area contributed by atoms with Crippen LogP contribution in [0.25, 0.3) is 0 Å². The highest BCUT2D eigenvalue weighted by atomic mass is 32.2. The monoisotopic (exact) mass is 271 g/mol. The fourth-order valence-corrected chi connectivity index (χ4v) is 1.50. The van der Waals surface area contributed by atoms with Crippen molar-refractivity contribution in [2.45, 2.75) is 6.92 Å². The second-order valence-electron chi connectivity index (χ2n) is 3.00. The average molecular weight is 271 g/mol. The number of thioether (sulfide) groups is 1. The SMILES string of the molecule is CCOc1ccc(F)c(N=C(NC#N)SC)c1F. The Kier molecular flexibility index (Phi) is 5.39. The minimum absolute atomic E-state index is 0.0740. The summed E-state index contributed by atoms with van der Waals surface area (Å²) in [6.07, 6.45) is 3.27. The molecule has 4 nitrogen and oxygen atoms in total. The van der Waals surface area contributed by atoms with Crippen LogP contribution in [0.2, 0.25) is 0 Å². The number of hydrogen-bond acceptors (Lipinski definition) is 4. The van der Waals surface area contributed by atoms with Gasteiger partial charge in [0.2, 0.25) is 0 Å². The minimum atomic E-state index is -0.886. The van der Waals surface area contributed by atoms with E-state index in [9.17, 15) is 8.78 Å². The van der Waals surface area contributed by atoms with Crippen LogP contribution >= 0.6 is 11.8 Å². The van der Waals surface area contributed by atoms with Crippen LogP contribution in [0.1, 0.15) is 6.92 Å². The summed E-state index contributed by atoms with van der Waals surface area (Å²) in [4.78, 5) is 3.72. The van der Waals surface area contributed by atoms with E-state index in [4.69, 9.17) is 10.00 Å². The standard InChI is InChI=1S/C11H11F2N3OS/c1-3-17-8-5-4-7(12)10(9(8)13)16-11(18-2)15-6-14/h4-5H,3H2,1-2H3,(H,15,16). The molecule has 0 unspecified atom stereocenters. The Morgan fingerprint density at radius 2 is 2.28 bits per heavy atom. The number of nitriles is 1. The van der Waals surface area contributed by atoms with E-state index in [-0.39, 0.29) is 17.5 Å². The molecule has 0 spiro atoms. The van der Waals surface area contributed by atoms with Crippen LogP contribution in [-0.2, 0) is 0 Å². The molecule has 0 aliphatic heterocycles.